The van der Waals surface area contributed by atoms with Gasteiger partial charge < -0.3 is 10.0 Å². The number of rotatable bonds is 7. The third-order valence-corrected chi connectivity index (χ3v) is 2.66. The van der Waals surface area contributed by atoms with Crippen molar-refractivity contribution in [1.29, 1.82) is 0 Å². The lowest BCUT2D eigenvalue weighted by Gasteiger charge is -2.20. The monoisotopic (exact) mass is 236 g/mol. The van der Waals surface area contributed by atoms with Crippen molar-refractivity contribution in [3.63, 3.8) is 0 Å². The second-order valence-electron chi connectivity index (χ2n) is 3.94. The van der Waals surface area contributed by atoms with E-state index in [1.807, 2.05) is 24.0 Å². The molecule has 0 aromatic carbocycles. The summed E-state index contributed by atoms with van der Waals surface area (Å²) in [5.41, 5.74) is 1.09. The molecule has 0 fully saturated rings. The molecule has 1 aromatic heterocycles. The van der Waals surface area contributed by atoms with Crippen molar-refractivity contribution < 1.29 is 9.90 Å². The van der Waals surface area contributed by atoms with Crippen LogP contribution in [-0.4, -0.2) is 34.0 Å². The van der Waals surface area contributed by atoms with Crippen LogP contribution in [0.25, 0.3) is 0 Å². The van der Waals surface area contributed by atoms with Crippen LogP contribution in [0.5, 0.6) is 0 Å². The van der Waals surface area contributed by atoms with Crippen LogP contribution in [0.2, 0.25) is 0 Å². The fourth-order valence-corrected chi connectivity index (χ4v) is 1.63. The number of hydrogen-bond donors (Lipinski definition) is 1. The fourth-order valence-electron chi connectivity index (χ4n) is 1.63. The summed E-state index contributed by atoms with van der Waals surface area (Å²) in [6.45, 7) is 3.48. The number of unbranched alkanes of at least 4 members (excludes halogenated alkanes) is 1. The zero-order valence-corrected chi connectivity index (χ0v) is 10.3. The van der Waals surface area contributed by atoms with Crippen molar-refractivity contribution in [3.8, 4) is 0 Å². The molecular weight excluding hydrogens is 216 g/mol. The Kier molecular flexibility index (Phi) is 6.25. The summed E-state index contributed by atoms with van der Waals surface area (Å²) in [5, 5.41) is 8.68. The van der Waals surface area contributed by atoms with Gasteiger partial charge in [-0.1, -0.05) is 0 Å². The lowest BCUT2D eigenvalue weighted by atomic mass is 10.2. The molecule has 4 nitrogen and oxygen atoms in total. The number of aliphatic hydroxyl groups is 1. The molecule has 0 aliphatic carbocycles. The first-order chi connectivity index (χ1) is 8.27. The maximum Gasteiger partial charge on any atom is 0.222 e. The van der Waals surface area contributed by atoms with Crippen LogP contribution in [0.1, 0.15) is 31.7 Å². The van der Waals surface area contributed by atoms with Crippen molar-refractivity contribution in [2.45, 2.75) is 32.7 Å². The van der Waals surface area contributed by atoms with Gasteiger partial charge in [0, 0.05) is 38.5 Å². The Bertz CT molecular complexity index is 327. The highest BCUT2D eigenvalue weighted by atomic mass is 16.3. The van der Waals surface area contributed by atoms with Gasteiger partial charge in [-0.3, -0.25) is 9.78 Å². The first-order valence-electron chi connectivity index (χ1n) is 6.05. The molecule has 17 heavy (non-hydrogen) atoms. The van der Waals surface area contributed by atoms with Crippen molar-refractivity contribution >= 4 is 5.91 Å². The Hall–Kier alpha value is -1.42. The van der Waals surface area contributed by atoms with Gasteiger partial charge in [-0.15, -0.1) is 0 Å². The summed E-state index contributed by atoms with van der Waals surface area (Å²) in [6, 6.07) is 3.84. The summed E-state index contributed by atoms with van der Waals surface area (Å²) in [7, 11) is 0. The number of hydrogen-bond acceptors (Lipinski definition) is 3. The van der Waals surface area contributed by atoms with E-state index in [0.29, 0.717) is 25.9 Å². The average Bonchev–Trinajstić information content (AvgIpc) is 2.37. The molecule has 1 rings (SSSR count). The minimum absolute atomic E-state index is 0.151. The second-order valence-corrected chi connectivity index (χ2v) is 3.94. The highest BCUT2D eigenvalue weighted by Crippen LogP contribution is 2.06. The lowest BCUT2D eigenvalue weighted by molar-refractivity contribution is -0.131. The van der Waals surface area contributed by atoms with Gasteiger partial charge in [-0.25, -0.2) is 0 Å². The molecule has 1 N–H and O–H groups in total. The molecule has 0 atom stereocenters. The molecule has 0 aliphatic heterocycles. The van der Waals surface area contributed by atoms with Crippen molar-refractivity contribution in [2.24, 2.45) is 0 Å². The first kappa shape index (κ1) is 13.6. The Morgan fingerprint density at radius 3 is 2.65 bits per heavy atom. The molecule has 0 saturated carbocycles. The van der Waals surface area contributed by atoms with E-state index >= 15 is 0 Å². The Labute approximate surface area is 102 Å². The van der Waals surface area contributed by atoms with Crippen LogP contribution in [-0.2, 0) is 11.3 Å². The van der Waals surface area contributed by atoms with Crippen LogP contribution in [0.15, 0.2) is 24.5 Å². The van der Waals surface area contributed by atoms with E-state index < -0.39 is 0 Å². The number of aromatic nitrogens is 1. The minimum Gasteiger partial charge on any atom is -0.396 e. The number of nitrogens with zero attached hydrogens (tertiary/aromatic N) is 2. The Balaban J connectivity index is 2.45. The van der Waals surface area contributed by atoms with Crippen molar-refractivity contribution in [1.82, 2.24) is 9.88 Å². The molecule has 0 spiro atoms. The first-order valence-corrected chi connectivity index (χ1v) is 6.05. The molecule has 0 radical (unpaired) electrons. The molecular formula is C13H20N2O2. The van der Waals surface area contributed by atoms with E-state index in [1.165, 1.54) is 0 Å². The van der Waals surface area contributed by atoms with E-state index in [-0.39, 0.29) is 12.5 Å². The predicted octanol–water partition coefficient (Wildman–Crippen LogP) is 1.59. The van der Waals surface area contributed by atoms with Crippen LogP contribution in [0, 0.1) is 0 Å². The van der Waals surface area contributed by atoms with E-state index in [9.17, 15) is 4.79 Å². The van der Waals surface area contributed by atoms with Gasteiger partial charge in [-0.05, 0) is 37.5 Å². The zero-order valence-electron chi connectivity index (χ0n) is 10.3. The highest BCUT2D eigenvalue weighted by molar-refractivity contribution is 5.76. The van der Waals surface area contributed by atoms with Crippen LogP contribution >= 0.6 is 0 Å². The second kappa shape index (κ2) is 7.79. The van der Waals surface area contributed by atoms with Crippen LogP contribution in [0.3, 0.4) is 0 Å². The van der Waals surface area contributed by atoms with Gasteiger partial charge in [0.1, 0.15) is 0 Å². The number of carbonyl (C=O) groups is 1. The topological polar surface area (TPSA) is 53.4 Å². The number of amides is 1. The van der Waals surface area contributed by atoms with E-state index in [1.54, 1.807) is 12.4 Å². The average molecular weight is 236 g/mol. The fraction of sp³-hybridized carbons (Fsp3) is 0.538. The third kappa shape index (κ3) is 4.95. The molecule has 1 heterocycles. The summed E-state index contributed by atoms with van der Waals surface area (Å²) in [6.07, 6.45) is 5.43. The summed E-state index contributed by atoms with van der Waals surface area (Å²) < 4.78 is 0. The smallest absolute Gasteiger partial charge is 0.222 e. The molecule has 0 unspecified atom stereocenters. The number of aliphatic hydroxyl groups excluding tert-OH is 1. The van der Waals surface area contributed by atoms with Gasteiger partial charge in [0.05, 0.1) is 0 Å². The summed E-state index contributed by atoms with van der Waals surface area (Å²) in [4.78, 5) is 17.7. The SMILES string of the molecule is CCN(Cc1ccncc1)C(=O)CCCCO. The minimum atomic E-state index is 0.151. The molecule has 1 amide bonds. The zero-order chi connectivity index (χ0) is 12.5. The van der Waals surface area contributed by atoms with Gasteiger partial charge in [0.25, 0.3) is 0 Å². The Morgan fingerprint density at radius 2 is 2.06 bits per heavy atom. The molecule has 0 aliphatic rings. The van der Waals surface area contributed by atoms with Crippen molar-refractivity contribution in [3.05, 3.63) is 30.1 Å². The predicted molar refractivity (Wildman–Crippen MR) is 66.3 cm³/mol. The van der Waals surface area contributed by atoms with Crippen molar-refractivity contribution in [2.75, 3.05) is 13.2 Å². The van der Waals surface area contributed by atoms with Gasteiger partial charge in [-0.2, -0.15) is 0 Å². The number of pyridine rings is 1. The molecule has 4 heteroatoms. The number of carbonyl (C=O) groups excluding carboxylic acids is 1. The van der Waals surface area contributed by atoms with E-state index in [2.05, 4.69) is 4.98 Å². The molecule has 1 aromatic rings. The molecule has 94 valence electrons. The molecule has 0 bridgehead atoms. The summed E-state index contributed by atoms with van der Waals surface area (Å²) in [5.74, 6) is 0.151. The standard InChI is InChI=1S/C13H20N2O2/c1-2-15(13(17)5-3-4-10-16)11-12-6-8-14-9-7-12/h6-9,16H,2-5,10-11H2,1H3. The normalized spacial score (nSPS) is 10.2. The quantitative estimate of drug-likeness (QED) is 0.731. The molecule has 0 saturated heterocycles. The third-order valence-electron chi connectivity index (χ3n) is 2.66. The highest BCUT2D eigenvalue weighted by Gasteiger charge is 2.11. The maximum atomic E-state index is 11.9. The maximum absolute atomic E-state index is 11.9. The van der Waals surface area contributed by atoms with Crippen LogP contribution in [0.4, 0.5) is 0 Å². The van der Waals surface area contributed by atoms with Gasteiger partial charge in [0.2, 0.25) is 5.91 Å². The van der Waals surface area contributed by atoms with Gasteiger partial charge in [0.15, 0.2) is 0 Å². The Morgan fingerprint density at radius 1 is 1.35 bits per heavy atom. The largest absolute Gasteiger partial charge is 0.396 e. The van der Waals surface area contributed by atoms with Gasteiger partial charge >= 0.3 is 0 Å². The van der Waals surface area contributed by atoms with E-state index in [4.69, 9.17) is 5.11 Å². The van der Waals surface area contributed by atoms with Crippen LogP contribution < -0.4 is 0 Å². The lowest BCUT2D eigenvalue weighted by Crippen LogP contribution is -2.30. The van der Waals surface area contributed by atoms with E-state index in [0.717, 1.165) is 12.0 Å². The summed E-state index contributed by atoms with van der Waals surface area (Å²) >= 11 is 0.